The van der Waals surface area contributed by atoms with E-state index in [0.29, 0.717) is 6.04 Å². The van der Waals surface area contributed by atoms with Crippen molar-refractivity contribution >= 4 is 0 Å². The second-order valence-electron chi connectivity index (χ2n) is 3.51. The molecule has 0 spiro atoms. The average Bonchev–Trinajstić information content (AvgIpc) is 2.20. The zero-order chi connectivity index (χ0) is 9.10. The monoisotopic (exact) mass is 177 g/mol. The van der Waals surface area contributed by atoms with Gasteiger partial charge in [0.25, 0.3) is 0 Å². The summed E-state index contributed by atoms with van der Waals surface area (Å²) in [6.07, 6.45) is 1.10. The highest BCUT2D eigenvalue weighted by Crippen LogP contribution is 2.25. The maximum absolute atomic E-state index is 5.36. The number of hydrogen-bond donors (Lipinski definition) is 0. The number of benzene rings is 1. The summed E-state index contributed by atoms with van der Waals surface area (Å²) >= 11 is 0. The highest BCUT2D eigenvalue weighted by molar-refractivity contribution is 5.19. The minimum absolute atomic E-state index is 0.537. The Kier molecular flexibility index (Phi) is 2.62. The number of rotatable bonds is 1. The van der Waals surface area contributed by atoms with E-state index < -0.39 is 0 Å². The molecule has 0 N–H and O–H groups in total. The van der Waals surface area contributed by atoms with Crippen molar-refractivity contribution in [3.05, 3.63) is 35.9 Å². The molecule has 1 aliphatic heterocycles. The quantitative estimate of drug-likeness (QED) is 0.651. The highest BCUT2D eigenvalue weighted by Gasteiger charge is 2.20. The largest absolute Gasteiger partial charge is 0.366 e. The molecule has 0 radical (unpaired) electrons. The van der Waals surface area contributed by atoms with Crippen LogP contribution in [-0.2, 0) is 4.74 Å². The zero-order valence-electron chi connectivity index (χ0n) is 7.94. The molecule has 0 saturated carbocycles. The van der Waals surface area contributed by atoms with Crippen LogP contribution in [0.5, 0.6) is 0 Å². The summed E-state index contributed by atoms with van der Waals surface area (Å²) in [5.74, 6) is 0. The van der Waals surface area contributed by atoms with Crippen LogP contribution >= 0.6 is 0 Å². The van der Waals surface area contributed by atoms with E-state index in [1.165, 1.54) is 5.56 Å². The third-order valence-corrected chi connectivity index (χ3v) is 2.55. The molecule has 2 rings (SSSR count). The van der Waals surface area contributed by atoms with E-state index in [9.17, 15) is 0 Å². The van der Waals surface area contributed by atoms with Crippen molar-refractivity contribution in [2.75, 3.05) is 20.4 Å². The molecule has 0 amide bonds. The molecule has 1 unspecified atom stereocenters. The van der Waals surface area contributed by atoms with Gasteiger partial charge in [0.15, 0.2) is 0 Å². The lowest BCUT2D eigenvalue weighted by Gasteiger charge is -2.32. The van der Waals surface area contributed by atoms with E-state index in [0.717, 1.165) is 19.8 Å². The minimum atomic E-state index is 0.537. The van der Waals surface area contributed by atoms with Crippen LogP contribution in [0, 0.1) is 0 Å². The summed E-state index contributed by atoms with van der Waals surface area (Å²) in [5.41, 5.74) is 1.40. The molecule has 1 aromatic rings. The lowest BCUT2D eigenvalue weighted by Crippen LogP contribution is -2.32. The fourth-order valence-electron chi connectivity index (χ4n) is 1.81. The molecular formula is C11H15NO. The second-order valence-corrected chi connectivity index (χ2v) is 3.51. The van der Waals surface area contributed by atoms with Gasteiger partial charge in [-0.05, 0) is 19.0 Å². The highest BCUT2D eigenvalue weighted by atomic mass is 16.5. The molecule has 1 saturated heterocycles. The first kappa shape index (κ1) is 8.73. The lowest BCUT2D eigenvalue weighted by atomic mass is 10.0. The van der Waals surface area contributed by atoms with Crippen LogP contribution in [0.2, 0.25) is 0 Å². The van der Waals surface area contributed by atoms with Crippen molar-refractivity contribution in [3.8, 4) is 0 Å². The Bertz CT molecular complexity index is 260. The molecule has 1 aromatic carbocycles. The van der Waals surface area contributed by atoms with Gasteiger partial charge in [-0.3, -0.25) is 4.90 Å². The third-order valence-electron chi connectivity index (χ3n) is 2.55. The van der Waals surface area contributed by atoms with Crippen molar-refractivity contribution < 1.29 is 4.74 Å². The molecule has 2 heteroatoms. The SMILES string of the molecule is CN1COCCC1c1ccccc1. The fourth-order valence-corrected chi connectivity index (χ4v) is 1.81. The minimum Gasteiger partial charge on any atom is -0.366 e. The molecule has 1 heterocycles. The van der Waals surface area contributed by atoms with Gasteiger partial charge in [0, 0.05) is 6.04 Å². The molecule has 13 heavy (non-hydrogen) atoms. The number of ether oxygens (including phenoxy) is 1. The Morgan fingerprint density at radius 2 is 2.08 bits per heavy atom. The Morgan fingerprint density at radius 1 is 1.31 bits per heavy atom. The summed E-state index contributed by atoms with van der Waals surface area (Å²) in [6.45, 7) is 1.63. The molecule has 1 atom stereocenters. The van der Waals surface area contributed by atoms with Gasteiger partial charge >= 0.3 is 0 Å². The fraction of sp³-hybridized carbons (Fsp3) is 0.455. The van der Waals surface area contributed by atoms with Gasteiger partial charge in [0.1, 0.15) is 0 Å². The topological polar surface area (TPSA) is 12.5 Å². The summed E-state index contributed by atoms with van der Waals surface area (Å²) in [6, 6.07) is 11.2. The van der Waals surface area contributed by atoms with E-state index in [-0.39, 0.29) is 0 Å². The summed E-state index contributed by atoms with van der Waals surface area (Å²) < 4.78 is 5.36. The maximum Gasteiger partial charge on any atom is 0.0992 e. The van der Waals surface area contributed by atoms with Gasteiger partial charge in [-0.1, -0.05) is 30.3 Å². The van der Waals surface area contributed by atoms with Gasteiger partial charge in [0.05, 0.1) is 13.3 Å². The summed E-state index contributed by atoms with van der Waals surface area (Å²) in [4.78, 5) is 2.25. The van der Waals surface area contributed by atoms with Crippen LogP contribution in [0.25, 0.3) is 0 Å². The first-order valence-corrected chi connectivity index (χ1v) is 4.71. The van der Waals surface area contributed by atoms with Crippen molar-refractivity contribution in [1.29, 1.82) is 0 Å². The van der Waals surface area contributed by atoms with E-state index in [2.05, 4.69) is 42.3 Å². The van der Waals surface area contributed by atoms with Crippen molar-refractivity contribution in [2.24, 2.45) is 0 Å². The first-order chi connectivity index (χ1) is 6.38. The number of nitrogens with zero attached hydrogens (tertiary/aromatic N) is 1. The Balaban J connectivity index is 2.15. The van der Waals surface area contributed by atoms with Crippen LogP contribution < -0.4 is 0 Å². The van der Waals surface area contributed by atoms with Gasteiger partial charge < -0.3 is 4.74 Å². The van der Waals surface area contributed by atoms with Crippen molar-refractivity contribution in [1.82, 2.24) is 4.90 Å². The molecular weight excluding hydrogens is 162 g/mol. The van der Waals surface area contributed by atoms with E-state index in [1.807, 2.05) is 0 Å². The average molecular weight is 177 g/mol. The van der Waals surface area contributed by atoms with Crippen molar-refractivity contribution in [2.45, 2.75) is 12.5 Å². The maximum atomic E-state index is 5.36. The third kappa shape index (κ3) is 1.90. The molecule has 0 bridgehead atoms. The Labute approximate surface area is 79.1 Å². The van der Waals surface area contributed by atoms with E-state index in [4.69, 9.17) is 4.74 Å². The van der Waals surface area contributed by atoms with Crippen LogP contribution in [-0.4, -0.2) is 25.3 Å². The molecule has 2 nitrogen and oxygen atoms in total. The van der Waals surface area contributed by atoms with Gasteiger partial charge in [0.2, 0.25) is 0 Å². The predicted molar refractivity (Wildman–Crippen MR) is 52.4 cm³/mol. The summed E-state index contributed by atoms with van der Waals surface area (Å²) in [7, 11) is 2.11. The van der Waals surface area contributed by atoms with Gasteiger partial charge in [-0.25, -0.2) is 0 Å². The van der Waals surface area contributed by atoms with E-state index >= 15 is 0 Å². The van der Waals surface area contributed by atoms with Crippen LogP contribution in [0.4, 0.5) is 0 Å². The molecule has 1 fully saturated rings. The molecule has 0 aromatic heterocycles. The van der Waals surface area contributed by atoms with Crippen LogP contribution in [0.3, 0.4) is 0 Å². The van der Waals surface area contributed by atoms with Gasteiger partial charge in [-0.2, -0.15) is 0 Å². The zero-order valence-corrected chi connectivity index (χ0v) is 7.94. The number of hydrogen-bond acceptors (Lipinski definition) is 2. The second kappa shape index (κ2) is 3.90. The lowest BCUT2D eigenvalue weighted by molar-refractivity contribution is -0.0337. The standard InChI is InChI=1S/C11H15NO/c1-12-9-13-8-7-11(12)10-5-3-2-4-6-10/h2-6,11H,7-9H2,1H3. The van der Waals surface area contributed by atoms with Crippen LogP contribution in [0.1, 0.15) is 18.0 Å². The summed E-state index contributed by atoms with van der Waals surface area (Å²) in [5, 5.41) is 0. The van der Waals surface area contributed by atoms with Crippen LogP contribution in [0.15, 0.2) is 30.3 Å². The molecule has 0 aliphatic carbocycles. The van der Waals surface area contributed by atoms with Crippen molar-refractivity contribution in [3.63, 3.8) is 0 Å². The smallest absolute Gasteiger partial charge is 0.0992 e. The van der Waals surface area contributed by atoms with E-state index in [1.54, 1.807) is 0 Å². The predicted octanol–water partition coefficient (Wildman–Crippen LogP) is 2.04. The Morgan fingerprint density at radius 3 is 2.77 bits per heavy atom. The molecule has 70 valence electrons. The molecule has 1 aliphatic rings. The van der Waals surface area contributed by atoms with Gasteiger partial charge in [-0.15, -0.1) is 0 Å². The Hall–Kier alpha value is -0.860. The first-order valence-electron chi connectivity index (χ1n) is 4.71. The normalized spacial score (nSPS) is 24.5.